The number of rotatable bonds is 0. The first-order chi connectivity index (χ1) is 18.2. The molecule has 0 fully saturated rings. The number of carbonyl (C=O) groups is 2. The van der Waals surface area contributed by atoms with Crippen LogP contribution in [0.1, 0.15) is 22.3 Å². The Hall–Kier alpha value is -4.96. The number of hydrogen-bond acceptors (Lipinski definition) is 4. The first kappa shape index (κ1) is 21.3. The van der Waals surface area contributed by atoms with Gasteiger partial charge in [-0.05, 0) is 51.6 Å². The molecule has 2 aromatic heterocycles. The summed E-state index contributed by atoms with van der Waals surface area (Å²) in [5.41, 5.74) is 4.38. The van der Waals surface area contributed by atoms with Crippen LogP contribution in [-0.4, -0.2) is 21.5 Å². The predicted molar refractivity (Wildman–Crippen MR) is 148 cm³/mol. The third-order valence-electron chi connectivity index (χ3n) is 7.09. The van der Waals surface area contributed by atoms with Crippen molar-refractivity contribution in [1.82, 2.24) is 9.97 Å². The van der Waals surface area contributed by atoms with E-state index >= 15 is 0 Å². The number of benzene rings is 4. The number of pyridine rings is 2. The van der Waals surface area contributed by atoms with Crippen molar-refractivity contribution < 1.29 is 9.59 Å². The maximum Gasteiger partial charge on any atom is 0.194 e. The normalized spacial score (nSPS) is 13.3. The summed E-state index contributed by atoms with van der Waals surface area (Å²) in [6.45, 7) is 0. The molecule has 4 nitrogen and oxygen atoms in total. The molecule has 174 valence electrons. The van der Waals surface area contributed by atoms with E-state index in [1.165, 1.54) is 0 Å². The second-order valence-electron chi connectivity index (χ2n) is 9.30. The molecule has 37 heavy (non-hydrogen) atoms. The van der Waals surface area contributed by atoms with E-state index in [1.54, 1.807) is 12.3 Å². The third kappa shape index (κ3) is 3.46. The topological polar surface area (TPSA) is 59.9 Å². The van der Waals surface area contributed by atoms with Gasteiger partial charge in [0.1, 0.15) is 0 Å². The fourth-order valence-electron chi connectivity index (χ4n) is 5.35. The van der Waals surface area contributed by atoms with Crippen LogP contribution in [0.5, 0.6) is 0 Å². The molecule has 2 heterocycles. The summed E-state index contributed by atoms with van der Waals surface area (Å²) in [4.78, 5) is 32.9. The molecular formula is C33H20N2O2. The number of nitrogens with zero attached hydrogens (tertiary/aromatic N) is 2. The smallest absolute Gasteiger partial charge is 0.194 e. The molecule has 0 radical (unpaired) electrons. The molecular weight excluding hydrogens is 456 g/mol. The van der Waals surface area contributed by atoms with Gasteiger partial charge in [-0.15, -0.1) is 0 Å². The minimum Gasteiger partial charge on any atom is -0.294 e. The highest BCUT2D eigenvalue weighted by Gasteiger charge is 2.25. The molecule has 0 saturated heterocycles. The molecule has 6 aromatic rings. The van der Waals surface area contributed by atoms with Crippen molar-refractivity contribution in [2.24, 2.45) is 0 Å². The van der Waals surface area contributed by atoms with Gasteiger partial charge in [-0.25, -0.2) is 0 Å². The van der Waals surface area contributed by atoms with Gasteiger partial charge in [0.25, 0.3) is 0 Å². The van der Waals surface area contributed by atoms with Crippen LogP contribution in [0.3, 0.4) is 0 Å². The van der Waals surface area contributed by atoms with Gasteiger partial charge in [-0.1, -0.05) is 66.7 Å². The Morgan fingerprint density at radius 2 is 1.43 bits per heavy atom. The molecule has 2 aliphatic rings. The summed E-state index contributed by atoms with van der Waals surface area (Å²) in [6, 6.07) is 27.8. The van der Waals surface area contributed by atoms with Crippen molar-refractivity contribution in [3.63, 3.8) is 0 Å². The average molecular weight is 477 g/mol. The summed E-state index contributed by atoms with van der Waals surface area (Å²) in [5, 5.41) is 7.61. The van der Waals surface area contributed by atoms with Crippen LogP contribution in [0.2, 0.25) is 0 Å². The van der Waals surface area contributed by atoms with Gasteiger partial charge in [-0.3, -0.25) is 19.6 Å². The average Bonchev–Trinajstić information content (AvgIpc) is 2.95. The molecule has 4 aromatic carbocycles. The van der Waals surface area contributed by atoms with Crippen molar-refractivity contribution >= 4 is 56.2 Å². The quantitative estimate of drug-likeness (QED) is 0.276. The Morgan fingerprint density at radius 1 is 0.622 bits per heavy atom. The zero-order valence-corrected chi connectivity index (χ0v) is 19.8. The van der Waals surface area contributed by atoms with Crippen LogP contribution in [0.25, 0.3) is 55.9 Å². The summed E-state index contributed by atoms with van der Waals surface area (Å²) < 4.78 is 0. The van der Waals surface area contributed by atoms with Crippen molar-refractivity contribution in [3.05, 3.63) is 119 Å². The zero-order chi connectivity index (χ0) is 24.9. The van der Waals surface area contributed by atoms with E-state index in [0.29, 0.717) is 6.42 Å². The maximum atomic E-state index is 12.5. The van der Waals surface area contributed by atoms with Gasteiger partial charge in [0, 0.05) is 51.7 Å². The van der Waals surface area contributed by atoms with E-state index in [2.05, 4.69) is 40.3 Å². The number of aromatic nitrogens is 2. The number of fused-ring (bicyclic) bond motifs is 6. The Kier molecular flexibility index (Phi) is 4.79. The molecule has 0 aliphatic heterocycles. The zero-order valence-electron chi connectivity index (χ0n) is 19.8. The summed E-state index contributed by atoms with van der Waals surface area (Å²) in [7, 11) is 0. The lowest BCUT2D eigenvalue weighted by Gasteiger charge is -2.18. The summed E-state index contributed by atoms with van der Waals surface area (Å²) in [5.74, 6) is 0.266. The van der Waals surface area contributed by atoms with Gasteiger partial charge in [-0.2, -0.15) is 0 Å². The largest absolute Gasteiger partial charge is 0.294 e. The van der Waals surface area contributed by atoms with Crippen LogP contribution < -0.4 is 10.4 Å². The van der Waals surface area contributed by atoms with Crippen molar-refractivity contribution in [3.8, 4) is 11.3 Å². The molecule has 0 saturated carbocycles. The second-order valence-corrected chi connectivity index (χ2v) is 9.30. The van der Waals surface area contributed by atoms with E-state index in [9.17, 15) is 9.59 Å². The molecule has 0 bridgehead atoms. The second kappa shape index (κ2) is 8.32. The van der Waals surface area contributed by atoms with E-state index in [-0.39, 0.29) is 11.6 Å². The van der Waals surface area contributed by atoms with Crippen molar-refractivity contribution in [2.75, 3.05) is 0 Å². The Bertz CT molecular complexity index is 2050. The van der Waals surface area contributed by atoms with Crippen molar-refractivity contribution in [1.29, 1.82) is 0 Å². The van der Waals surface area contributed by atoms with Crippen LogP contribution in [-0.2, 0) is 4.79 Å². The van der Waals surface area contributed by atoms with E-state index in [4.69, 9.17) is 0 Å². The highest BCUT2D eigenvalue weighted by atomic mass is 16.1. The Morgan fingerprint density at radius 3 is 2.35 bits per heavy atom. The fraction of sp³-hybridized carbons (Fsp3) is 0.0303. The molecule has 2 aliphatic carbocycles. The number of carbonyl (C=O) groups excluding carboxylic acids is 2. The maximum absolute atomic E-state index is 12.5. The van der Waals surface area contributed by atoms with Gasteiger partial charge >= 0.3 is 0 Å². The first-order valence-electron chi connectivity index (χ1n) is 12.2. The molecule has 0 spiro atoms. The minimum atomic E-state index is 0.0942. The Balaban J connectivity index is 0.000000125. The number of hydrogen-bond donors (Lipinski definition) is 0. The monoisotopic (exact) mass is 476 g/mol. The fourth-order valence-corrected chi connectivity index (χ4v) is 5.35. The van der Waals surface area contributed by atoms with Gasteiger partial charge in [0.05, 0.1) is 11.2 Å². The lowest BCUT2D eigenvalue weighted by molar-refractivity contribution is -0.112. The van der Waals surface area contributed by atoms with Crippen molar-refractivity contribution in [2.45, 2.75) is 6.42 Å². The lowest BCUT2D eigenvalue weighted by Crippen LogP contribution is -2.28. The highest BCUT2D eigenvalue weighted by molar-refractivity contribution is 6.25. The third-order valence-corrected chi connectivity index (χ3v) is 7.09. The first-order valence-corrected chi connectivity index (χ1v) is 12.2. The van der Waals surface area contributed by atoms with E-state index in [0.717, 1.165) is 65.3 Å². The number of ketones is 2. The minimum absolute atomic E-state index is 0.0942. The lowest BCUT2D eigenvalue weighted by atomic mass is 9.86. The Labute approximate surface area is 212 Å². The highest BCUT2D eigenvalue weighted by Crippen LogP contribution is 2.37. The van der Waals surface area contributed by atoms with Gasteiger partial charge in [0.15, 0.2) is 11.6 Å². The molecule has 0 atom stereocenters. The number of Topliss-reactive ketones (excluding diaryl/α,β-unsaturated/α-hetero) is 1. The van der Waals surface area contributed by atoms with Gasteiger partial charge < -0.3 is 0 Å². The van der Waals surface area contributed by atoms with Gasteiger partial charge in [0.2, 0.25) is 0 Å². The van der Waals surface area contributed by atoms with E-state index in [1.807, 2.05) is 66.9 Å². The molecule has 4 heteroatoms. The summed E-state index contributed by atoms with van der Waals surface area (Å²) >= 11 is 0. The molecule has 0 N–H and O–H groups in total. The van der Waals surface area contributed by atoms with Crippen LogP contribution in [0.4, 0.5) is 0 Å². The van der Waals surface area contributed by atoms with Crippen LogP contribution in [0.15, 0.2) is 97.3 Å². The molecule has 0 unspecified atom stereocenters. The SMILES string of the molecule is O=C1C=c2cc3ccc4cccnc4c3cc2=CC1.O=C1c2ccccc2-c2nccc3cccc1c23. The van der Waals surface area contributed by atoms with Crippen LogP contribution in [0, 0.1) is 0 Å². The predicted octanol–water partition coefficient (Wildman–Crippen LogP) is 5.37. The van der Waals surface area contributed by atoms with E-state index < -0.39 is 0 Å². The van der Waals surface area contributed by atoms with Crippen LogP contribution >= 0.6 is 0 Å². The summed E-state index contributed by atoms with van der Waals surface area (Å²) in [6.07, 6.45) is 7.85. The molecule has 8 rings (SSSR count). The molecule has 0 amide bonds. The standard InChI is InChI=1S/C17H11NO.C16H9NO/c19-15-6-5-12-10-16-13(8-14(12)9-15)4-3-11-2-1-7-18-17(11)16;18-16-12-6-2-1-5-11(12)15-14-10(8-9-17-15)4-3-7-13(14)16/h1-5,7-10H,6H2;1-9H.